The first kappa shape index (κ1) is 18.6. The number of anilines is 1. The summed E-state index contributed by atoms with van der Waals surface area (Å²) in [4.78, 5) is 40.6. The third-order valence-electron chi connectivity index (χ3n) is 4.11. The van der Waals surface area contributed by atoms with Crippen LogP contribution in [-0.2, 0) is 11.3 Å². The molecule has 10 heteroatoms. The van der Waals surface area contributed by atoms with Gasteiger partial charge in [0.2, 0.25) is 11.8 Å². The maximum atomic E-state index is 12.8. The second-order valence-corrected chi connectivity index (χ2v) is 7.39. The van der Waals surface area contributed by atoms with E-state index in [4.69, 9.17) is 10.2 Å². The number of carbonyl (C=O) groups is 2. The highest BCUT2D eigenvalue weighted by Crippen LogP contribution is 2.29. The summed E-state index contributed by atoms with van der Waals surface area (Å²) in [7, 11) is 0. The van der Waals surface area contributed by atoms with Crippen molar-refractivity contribution in [2.24, 2.45) is 5.73 Å². The van der Waals surface area contributed by atoms with Crippen molar-refractivity contribution < 1.29 is 14.0 Å². The topological polar surface area (TPSA) is 133 Å². The van der Waals surface area contributed by atoms with Gasteiger partial charge in [-0.25, -0.2) is 9.67 Å². The van der Waals surface area contributed by atoms with E-state index < -0.39 is 17.4 Å². The lowest BCUT2D eigenvalue weighted by Crippen LogP contribution is -2.30. The van der Waals surface area contributed by atoms with Crippen molar-refractivity contribution in [3.8, 4) is 11.5 Å². The van der Waals surface area contributed by atoms with Crippen LogP contribution >= 0.6 is 11.3 Å². The van der Waals surface area contributed by atoms with Crippen molar-refractivity contribution in [2.75, 3.05) is 5.32 Å². The molecule has 0 fully saturated rings. The Morgan fingerprint density at radius 3 is 2.66 bits per heavy atom. The van der Waals surface area contributed by atoms with Crippen LogP contribution < -0.4 is 16.6 Å². The van der Waals surface area contributed by atoms with E-state index in [0.717, 1.165) is 4.68 Å². The molecule has 1 aromatic carbocycles. The molecule has 0 saturated carbocycles. The largest absolute Gasteiger partial charge is 0.463 e. The molecule has 0 saturated heterocycles. The van der Waals surface area contributed by atoms with Crippen LogP contribution in [0.4, 0.5) is 5.69 Å². The molecule has 0 bridgehead atoms. The standard InChI is InChI=1S/C19H15N5O4S/c1-10-21-16-17(29-10)15(13-3-2-8-28-13)23-24(19(16)27)9-14(25)22-12-6-4-11(5-7-12)18(20)26/h2-8H,9H2,1H3,(H2,20,26)(H,22,25). The monoisotopic (exact) mass is 409 g/mol. The Kier molecular flexibility index (Phi) is 4.69. The number of nitrogens with one attached hydrogen (secondary N) is 1. The number of hydrogen-bond acceptors (Lipinski definition) is 7. The van der Waals surface area contributed by atoms with Gasteiger partial charge in [-0.2, -0.15) is 5.10 Å². The third-order valence-corrected chi connectivity index (χ3v) is 5.09. The van der Waals surface area contributed by atoms with Crippen molar-refractivity contribution in [1.82, 2.24) is 14.8 Å². The molecule has 0 atom stereocenters. The quantitative estimate of drug-likeness (QED) is 0.519. The van der Waals surface area contributed by atoms with Crippen LogP contribution in [0.5, 0.6) is 0 Å². The first-order valence-electron chi connectivity index (χ1n) is 8.54. The van der Waals surface area contributed by atoms with E-state index in [-0.39, 0.29) is 12.1 Å². The number of thiazole rings is 1. The molecule has 0 aliphatic carbocycles. The molecule has 0 radical (unpaired) electrons. The molecule has 2 amide bonds. The van der Waals surface area contributed by atoms with Gasteiger partial charge in [-0.1, -0.05) is 0 Å². The van der Waals surface area contributed by atoms with Crippen molar-refractivity contribution >= 4 is 39.1 Å². The number of nitrogens with two attached hydrogens (primary N) is 1. The Labute approximate surface area is 167 Å². The molecule has 29 heavy (non-hydrogen) atoms. The van der Waals surface area contributed by atoms with Crippen LogP contribution in [0, 0.1) is 6.92 Å². The summed E-state index contributed by atoms with van der Waals surface area (Å²) >= 11 is 1.34. The van der Waals surface area contributed by atoms with Crippen molar-refractivity contribution in [3.63, 3.8) is 0 Å². The highest BCUT2D eigenvalue weighted by atomic mass is 32.1. The fourth-order valence-corrected chi connectivity index (χ4v) is 3.70. The number of benzene rings is 1. The van der Waals surface area contributed by atoms with Gasteiger partial charge >= 0.3 is 0 Å². The maximum Gasteiger partial charge on any atom is 0.294 e. The average Bonchev–Trinajstić information content (AvgIpc) is 3.34. The van der Waals surface area contributed by atoms with E-state index in [1.54, 1.807) is 31.2 Å². The fraction of sp³-hybridized carbons (Fsp3) is 0.105. The molecule has 3 heterocycles. The zero-order valence-electron chi connectivity index (χ0n) is 15.2. The molecule has 3 N–H and O–H groups in total. The van der Waals surface area contributed by atoms with E-state index in [0.29, 0.717) is 32.4 Å². The van der Waals surface area contributed by atoms with Gasteiger partial charge < -0.3 is 15.5 Å². The van der Waals surface area contributed by atoms with Crippen LogP contribution in [0.1, 0.15) is 15.4 Å². The minimum Gasteiger partial charge on any atom is -0.463 e. The molecule has 9 nitrogen and oxygen atoms in total. The molecule has 146 valence electrons. The van der Waals surface area contributed by atoms with Crippen LogP contribution in [-0.4, -0.2) is 26.6 Å². The van der Waals surface area contributed by atoms with E-state index in [9.17, 15) is 14.4 Å². The summed E-state index contributed by atoms with van der Waals surface area (Å²) in [6.07, 6.45) is 1.51. The van der Waals surface area contributed by atoms with Gasteiger partial charge in [0, 0.05) is 11.3 Å². The minimum absolute atomic E-state index is 0.243. The highest BCUT2D eigenvalue weighted by molar-refractivity contribution is 7.19. The number of fused-ring (bicyclic) bond motifs is 1. The number of nitrogens with zero attached hydrogens (tertiary/aromatic N) is 3. The van der Waals surface area contributed by atoms with Gasteiger partial charge in [-0.05, 0) is 43.3 Å². The maximum absolute atomic E-state index is 12.8. The zero-order chi connectivity index (χ0) is 20.5. The summed E-state index contributed by atoms with van der Waals surface area (Å²) in [5.41, 5.74) is 6.23. The van der Waals surface area contributed by atoms with E-state index in [2.05, 4.69) is 15.4 Å². The molecule has 0 spiro atoms. The normalized spacial score (nSPS) is 10.9. The average molecular weight is 409 g/mol. The van der Waals surface area contributed by atoms with Crippen LogP contribution in [0.15, 0.2) is 51.9 Å². The van der Waals surface area contributed by atoms with Gasteiger partial charge in [-0.15, -0.1) is 11.3 Å². The number of hydrogen-bond donors (Lipinski definition) is 2. The summed E-state index contributed by atoms with van der Waals surface area (Å²) in [6, 6.07) is 9.55. The number of aromatic nitrogens is 3. The van der Waals surface area contributed by atoms with Crippen molar-refractivity contribution in [1.29, 1.82) is 0 Å². The fourth-order valence-electron chi connectivity index (χ4n) is 2.80. The van der Waals surface area contributed by atoms with Gasteiger partial charge in [0.05, 0.1) is 16.0 Å². The molecule has 0 aliphatic heterocycles. The van der Waals surface area contributed by atoms with Crippen LogP contribution in [0.25, 0.3) is 21.7 Å². The van der Waals surface area contributed by atoms with Gasteiger partial charge in [0.1, 0.15) is 12.2 Å². The Bertz CT molecular complexity index is 1270. The molecule has 3 aromatic heterocycles. The molecular weight excluding hydrogens is 394 g/mol. The Morgan fingerprint density at radius 1 is 1.24 bits per heavy atom. The van der Waals surface area contributed by atoms with E-state index in [1.807, 2.05) is 0 Å². The molecule has 0 aliphatic rings. The Hall–Kier alpha value is -3.79. The van der Waals surface area contributed by atoms with E-state index in [1.165, 1.54) is 29.7 Å². The smallest absolute Gasteiger partial charge is 0.294 e. The van der Waals surface area contributed by atoms with Crippen molar-refractivity contribution in [2.45, 2.75) is 13.5 Å². The first-order valence-corrected chi connectivity index (χ1v) is 9.36. The first-order chi connectivity index (χ1) is 13.9. The Morgan fingerprint density at radius 2 is 2.00 bits per heavy atom. The predicted molar refractivity (Wildman–Crippen MR) is 108 cm³/mol. The zero-order valence-corrected chi connectivity index (χ0v) is 16.0. The van der Waals surface area contributed by atoms with Gasteiger partial charge in [-0.3, -0.25) is 14.4 Å². The summed E-state index contributed by atoms with van der Waals surface area (Å²) in [5.74, 6) is -0.533. The minimum atomic E-state index is -0.559. The molecule has 4 rings (SSSR count). The number of aryl methyl sites for hydroxylation is 1. The Balaban J connectivity index is 1.65. The predicted octanol–water partition coefficient (Wildman–Crippen LogP) is 2.16. The SMILES string of the molecule is Cc1nc2c(=O)n(CC(=O)Nc3ccc(C(N)=O)cc3)nc(-c3ccco3)c2s1. The van der Waals surface area contributed by atoms with Gasteiger partial charge in [0.15, 0.2) is 11.3 Å². The third kappa shape index (κ3) is 3.65. The molecule has 0 unspecified atom stereocenters. The second kappa shape index (κ2) is 7.32. The summed E-state index contributed by atoms with van der Waals surface area (Å²) in [5, 5.41) is 7.70. The number of carbonyl (C=O) groups excluding carboxylic acids is 2. The lowest BCUT2D eigenvalue weighted by molar-refractivity contribution is -0.117. The second-order valence-electron chi connectivity index (χ2n) is 6.19. The lowest BCUT2D eigenvalue weighted by atomic mass is 10.2. The van der Waals surface area contributed by atoms with Crippen molar-refractivity contribution in [3.05, 3.63) is 63.6 Å². The number of furan rings is 1. The number of primary amides is 1. The summed E-state index contributed by atoms with van der Waals surface area (Å²) in [6.45, 7) is 1.49. The molecule has 4 aromatic rings. The van der Waals surface area contributed by atoms with Crippen LogP contribution in [0.2, 0.25) is 0 Å². The highest BCUT2D eigenvalue weighted by Gasteiger charge is 2.19. The van der Waals surface area contributed by atoms with Crippen LogP contribution in [0.3, 0.4) is 0 Å². The molecular formula is C19H15N5O4S. The van der Waals surface area contributed by atoms with Gasteiger partial charge in [0.25, 0.3) is 5.56 Å². The summed E-state index contributed by atoms with van der Waals surface area (Å²) < 4.78 is 7.10. The lowest BCUT2D eigenvalue weighted by Gasteiger charge is -2.08. The van der Waals surface area contributed by atoms with E-state index >= 15 is 0 Å². The number of amides is 2. The number of rotatable bonds is 5.